The number of alkyl halides is 2. The minimum Gasteiger partial charge on any atom is -0.316 e. The fourth-order valence-electron chi connectivity index (χ4n) is 3.06. The van der Waals surface area contributed by atoms with Gasteiger partial charge in [-0.2, -0.15) is 8.78 Å². The van der Waals surface area contributed by atoms with E-state index in [0.717, 1.165) is 30.5 Å². The average Bonchev–Trinajstić information content (AvgIpc) is 2.85. The monoisotopic (exact) mass is 294 g/mol. The first-order chi connectivity index (χ1) is 10.2. The Labute approximate surface area is 122 Å². The summed E-state index contributed by atoms with van der Waals surface area (Å²) in [5.41, 5.74) is 1.14. The highest BCUT2D eigenvalue weighted by Gasteiger charge is 2.23. The van der Waals surface area contributed by atoms with Crippen LogP contribution >= 0.6 is 0 Å². The molecule has 4 nitrogen and oxygen atoms in total. The number of piperidine rings is 1. The van der Waals surface area contributed by atoms with Gasteiger partial charge in [-0.25, -0.2) is 4.98 Å². The number of hydrogen-bond acceptors (Lipinski definition) is 3. The van der Waals surface area contributed by atoms with Gasteiger partial charge in [-0.05, 0) is 38.6 Å². The van der Waals surface area contributed by atoms with E-state index in [1.165, 1.54) is 0 Å². The fourth-order valence-corrected chi connectivity index (χ4v) is 3.06. The maximum atomic E-state index is 13.4. The first-order valence-corrected chi connectivity index (χ1v) is 7.32. The molecule has 1 fully saturated rings. The van der Waals surface area contributed by atoms with Crippen LogP contribution in [0.15, 0.2) is 24.3 Å². The predicted molar refractivity (Wildman–Crippen MR) is 78.3 cm³/mol. The maximum Gasteiger partial charge on any atom is 0.320 e. The van der Waals surface area contributed by atoms with Crippen LogP contribution in [0.5, 0.6) is 0 Å². The van der Waals surface area contributed by atoms with Crippen LogP contribution in [0.2, 0.25) is 0 Å². The number of imidazole rings is 1. The van der Waals surface area contributed by atoms with Crippen LogP contribution in [-0.4, -0.2) is 40.6 Å². The van der Waals surface area contributed by atoms with Gasteiger partial charge in [-0.3, -0.25) is 9.47 Å². The van der Waals surface area contributed by atoms with E-state index >= 15 is 0 Å². The van der Waals surface area contributed by atoms with Crippen molar-refractivity contribution in [1.82, 2.24) is 19.8 Å². The van der Waals surface area contributed by atoms with Crippen molar-refractivity contribution in [2.45, 2.75) is 32.0 Å². The number of likely N-dealkylation sites (tertiary alicyclic amines) is 1. The van der Waals surface area contributed by atoms with Crippen LogP contribution in [0, 0.1) is 0 Å². The largest absolute Gasteiger partial charge is 0.320 e. The molecule has 1 N–H and O–H groups in total. The van der Waals surface area contributed by atoms with Gasteiger partial charge in [-0.15, -0.1) is 0 Å². The molecule has 1 aliphatic heterocycles. The number of para-hydroxylation sites is 2. The van der Waals surface area contributed by atoms with Crippen LogP contribution in [0.3, 0.4) is 0 Å². The summed E-state index contributed by atoms with van der Waals surface area (Å²) in [5.74, 6) is 0.447. The summed E-state index contributed by atoms with van der Waals surface area (Å²) in [7, 11) is 1.95. The number of aromatic nitrogens is 2. The second kappa shape index (κ2) is 6.07. The van der Waals surface area contributed by atoms with Gasteiger partial charge < -0.3 is 5.32 Å². The number of fused-ring (bicyclic) bond motifs is 1. The summed E-state index contributed by atoms with van der Waals surface area (Å²) in [6.07, 6.45) is 2.22. The van der Waals surface area contributed by atoms with Gasteiger partial charge in [-0.1, -0.05) is 12.1 Å². The van der Waals surface area contributed by atoms with E-state index in [1.54, 1.807) is 18.2 Å². The lowest BCUT2D eigenvalue weighted by molar-refractivity contribution is 0.0670. The summed E-state index contributed by atoms with van der Waals surface area (Å²) in [6, 6.07) is 7.51. The Bertz CT molecular complexity index is 611. The van der Waals surface area contributed by atoms with Crippen molar-refractivity contribution in [1.29, 1.82) is 0 Å². The third-order valence-corrected chi connectivity index (χ3v) is 4.14. The summed E-state index contributed by atoms with van der Waals surface area (Å²) in [4.78, 5) is 6.60. The smallest absolute Gasteiger partial charge is 0.316 e. The highest BCUT2D eigenvalue weighted by atomic mass is 19.3. The minimum atomic E-state index is -2.56. The fraction of sp³-hybridized carbons (Fsp3) is 0.533. The Morgan fingerprint density at radius 3 is 2.95 bits per heavy atom. The van der Waals surface area contributed by atoms with Crippen molar-refractivity contribution in [2.24, 2.45) is 0 Å². The summed E-state index contributed by atoms with van der Waals surface area (Å²) >= 11 is 0. The Kier molecular flexibility index (Phi) is 4.17. The number of halogens is 2. The molecular formula is C15H20F2N4. The van der Waals surface area contributed by atoms with Crippen molar-refractivity contribution in [3.8, 4) is 0 Å². The van der Waals surface area contributed by atoms with E-state index in [2.05, 4.69) is 15.2 Å². The van der Waals surface area contributed by atoms with Crippen LogP contribution in [0.1, 0.15) is 25.2 Å². The lowest BCUT2D eigenvalue weighted by Gasteiger charge is -2.32. The second-order valence-corrected chi connectivity index (χ2v) is 5.53. The number of nitrogens with zero attached hydrogens (tertiary/aromatic N) is 3. The minimum absolute atomic E-state index is 0.433. The molecule has 21 heavy (non-hydrogen) atoms. The van der Waals surface area contributed by atoms with Crippen molar-refractivity contribution in [3.63, 3.8) is 0 Å². The molecule has 1 aromatic carbocycles. The zero-order valence-corrected chi connectivity index (χ0v) is 12.1. The lowest BCUT2D eigenvalue weighted by atomic mass is 10.1. The highest BCUT2D eigenvalue weighted by Crippen LogP contribution is 2.24. The molecule has 0 spiro atoms. The Hall–Kier alpha value is -1.53. The Morgan fingerprint density at radius 2 is 2.19 bits per heavy atom. The lowest BCUT2D eigenvalue weighted by Crippen LogP contribution is -2.44. The first-order valence-electron chi connectivity index (χ1n) is 7.32. The zero-order valence-electron chi connectivity index (χ0n) is 12.1. The molecule has 6 heteroatoms. The van der Waals surface area contributed by atoms with Crippen LogP contribution < -0.4 is 5.32 Å². The predicted octanol–water partition coefficient (Wildman–Crippen LogP) is 2.62. The Morgan fingerprint density at radius 1 is 1.38 bits per heavy atom. The number of likely N-dealkylation sites (N-methyl/N-ethyl adjacent to an activating group) is 1. The number of nitrogens with one attached hydrogen (secondary N) is 1. The molecule has 1 unspecified atom stereocenters. The number of rotatable bonds is 4. The molecule has 0 amide bonds. The molecule has 1 saturated heterocycles. The van der Waals surface area contributed by atoms with Crippen LogP contribution in [0.4, 0.5) is 8.78 Å². The van der Waals surface area contributed by atoms with E-state index in [-0.39, 0.29) is 0 Å². The molecule has 1 atom stereocenters. The SMILES string of the molecule is CNC1CCCN(Cc2nc3ccccc3n2C(F)F)C1. The molecule has 114 valence electrons. The molecule has 0 radical (unpaired) electrons. The summed E-state index contributed by atoms with van der Waals surface area (Å²) in [5, 5.41) is 3.27. The molecule has 2 aromatic rings. The third kappa shape index (κ3) is 2.91. The molecule has 1 aliphatic rings. The topological polar surface area (TPSA) is 33.1 Å². The van der Waals surface area contributed by atoms with E-state index in [1.807, 2.05) is 13.1 Å². The second-order valence-electron chi connectivity index (χ2n) is 5.53. The number of benzene rings is 1. The third-order valence-electron chi connectivity index (χ3n) is 4.14. The van der Waals surface area contributed by atoms with Crippen molar-refractivity contribution in [3.05, 3.63) is 30.1 Å². The van der Waals surface area contributed by atoms with E-state index in [4.69, 9.17) is 0 Å². The molecule has 0 aliphatic carbocycles. The zero-order chi connectivity index (χ0) is 14.8. The Balaban J connectivity index is 1.87. The molecule has 0 bridgehead atoms. The van der Waals surface area contributed by atoms with Crippen molar-refractivity contribution < 1.29 is 8.78 Å². The van der Waals surface area contributed by atoms with Gasteiger partial charge in [0.2, 0.25) is 0 Å². The van der Waals surface area contributed by atoms with Gasteiger partial charge in [0.05, 0.1) is 17.6 Å². The molecular weight excluding hydrogens is 274 g/mol. The molecule has 1 aromatic heterocycles. The van der Waals surface area contributed by atoms with E-state index in [9.17, 15) is 8.78 Å². The number of hydrogen-bond donors (Lipinski definition) is 1. The molecule has 2 heterocycles. The van der Waals surface area contributed by atoms with Crippen molar-refractivity contribution >= 4 is 11.0 Å². The molecule has 3 rings (SSSR count). The van der Waals surface area contributed by atoms with Crippen LogP contribution in [-0.2, 0) is 6.54 Å². The maximum absolute atomic E-state index is 13.4. The normalized spacial score (nSPS) is 20.5. The highest BCUT2D eigenvalue weighted by molar-refractivity contribution is 5.75. The average molecular weight is 294 g/mol. The van der Waals surface area contributed by atoms with Crippen LogP contribution in [0.25, 0.3) is 11.0 Å². The summed E-state index contributed by atoms with van der Waals surface area (Å²) in [6.45, 7) is -0.276. The van der Waals surface area contributed by atoms with Crippen molar-refractivity contribution in [2.75, 3.05) is 20.1 Å². The van der Waals surface area contributed by atoms with Gasteiger partial charge in [0.15, 0.2) is 0 Å². The first kappa shape index (κ1) is 14.4. The standard InChI is InChI=1S/C15H20F2N4/c1-18-11-5-4-8-20(9-11)10-14-19-12-6-2-3-7-13(12)21(14)15(16)17/h2-3,6-7,11,15,18H,4-5,8-10H2,1H3. The summed E-state index contributed by atoms with van der Waals surface area (Å²) < 4.78 is 27.8. The molecule has 0 saturated carbocycles. The van der Waals surface area contributed by atoms with E-state index < -0.39 is 6.55 Å². The quantitative estimate of drug-likeness (QED) is 0.941. The van der Waals surface area contributed by atoms with Gasteiger partial charge in [0.25, 0.3) is 0 Å². The van der Waals surface area contributed by atoms with Gasteiger partial charge >= 0.3 is 6.55 Å². The van der Waals surface area contributed by atoms with Gasteiger partial charge in [0.1, 0.15) is 5.82 Å². The van der Waals surface area contributed by atoms with Gasteiger partial charge in [0, 0.05) is 12.6 Å². The van der Waals surface area contributed by atoms with E-state index in [0.29, 0.717) is 29.4 Å².